The van der Waals surface area contributed by atoms with Gasteiger partial charge in [-0.2, -0.15) is 0 Å². The normalized spacial score (nSPS) is 10.6. The van der Waals surface area contributed by atoms with Crippen molar-refractivity contribution in [3.05, 3.63) is 76.6 Å². The average Bonchev–Trinajstić information content (AvgIpc) is 3.06. The Morgan fingerprint density at radius 1 is 1.15 bits per heavy atom. The molecule has 0 aliphatic carbocycles. The number of rotatable bonds is 8. The number of aromatic nitrogens is 2. The van der Waals surface area contributed by atoms with Gasteiger partial charge in [-0.3, -0.25) is 4.79 Å². The summed E-state index contributed by atoms with van der Waals surface area (Å²) in [5, 5.41) is 7.14. The number of carbonyl (C=O) groups is 1. The van der Waals surface area contributed by atoms with Crippen molar-refractivity contribution in [3.8, 4) is 11.6 Å². The Bertz CT molecular complexity index is 882. The van der Waals surface area contributed by atoms with Crippen molar-refractivity contribution in [1.29, 1.82) is 0 Å². The van der Waals surface area contributed by atoms with Gasteiger partial charge in [-0.05, 0) is 58.6 Å². The third kappa shape index (κ3) is 5.65. The van der Waals surface area contributed by atoms with Gasteiger partial charge < -0.3 is 10.1 Å². The van der Waals surface area contributed by atoms with E-state index in [1.165, 1.54) is 12.1 Å². The van der Waals surface area contributed by atoms with Crippen molar-refractivity contribution >= 4 is 21.8 Å². The van der Waals surface area contributed by atoms with Crippen LogP contribution < -0.4 is 10.1 Å². The van der Waals surface area contributed by atoms with Gasteiger partial charge in [0.1, 0.15) is 5.82 Å². The standard InChI is InChI=1S/C20H19BrFN3O2/c21-18-13-25(17-6-2-1-3-7-17)24-20(18)27-14-19(26)23-12-4-5-15-8-10-16(22)11-9-15/h1-3,6-11,13H,4-5,12,14H2,(H,23,26). The highest BCUT2D eigenvalue weighted by Crippen LogP contribution is 2.24. The van der Waals surface area contributed by atoms with E-state index < -0.39 is 0 Å². The number of hydrogen-bond acceptors (Lipinski definition) is 3. The molecule has 1 N–H and O–H groups in total. The number of ether oxygens (including phenoxy) is 1. The topological polar surface area (TPSA) is 56.1 Å². The van der Waals surface area contributed by atoms with Gasteiger partial charge in [0.05, 0.1) is 10.2 Å². The zero-order valence-electron chi connectivity index (χ0n) is 14.6. The second kappa shape index (κ2) is 9.32. The number of hydrogen-bond donors (Lipinski definition) is 1. The summed E-state index contributed by atoms with van der Waals surface area (Å²) in [6.07, 6.45) is 3.32. The Hall–Kier alpha value is -2.67. The van der Waals surface area contributed by atoms with Gasteiger partial charge in [0.25, 0.3) is 5.91 Å². The summed E-state index contributed by atoms with van der Waals surface area (Å²) in [5.41, 5.74) is 1.94. The molecule has 0 aliphatic heterocycles. The highest BCUT2D eigenvalue weighted by atomic mass is 79.9. The van der Waals surface area contributed by atoms with E-state index in [1.54, 1.807) is 23.0 Å². The van der Waals surface area contributed by atoms with Crippen molar-refractivity contribution in [2.75, 3.05) is 13.2 Å². The lowest BCUT2D eigenvalue weighted by atomic mass is 10.1. The van der Waals surface area contributed by atoms with Crippen LogP contribution in [-0.4, -0.2) is 28.8 Å². The van der Waals surface area contributed by atoms with Gasteiger partial charge >= 0.3 is 0 Å². The maximum atomic E-state index is 12.9. The summed E-state index contributed by atoms with van der Waals surface area (Å²) in [6, 6.07) is 16.0. The Morgan fingerprint density at radius 2 is 1.89 bits per heavy atom. The van der Waals surface area contributed by atoms with E-state index in [9.17, 15) is 9.18 Å². The molecule has 0 bridgehead atoms. The minimum absolute atomic E-state index is 0.110. The molecule has 5 nitrogen and oxygen atoms in total. The van der Waals surface area contributed by atoms with Crippen LogP contribution in [0.2, 0.25) is 0 Å². The Labute approximate surface area is 165 Å². The molecule has 0 fully saturated rings. The molecule has 2 aromatic carbocycles. The lowest BCUT2D eigenvalue weighted by Crippen LogP contribution is -2.30. The van der Waals surface area contributed by atoms with Crippen LogP contribution in [0.5, 0.6) is 5.88 Å². The highest BCUT2D eigenvalue weighted by Gasteiger charge is 2.11. The maximum Gasteiger partial charge on any atom is 0.258 e. The summed E-state index contributed by atoms with van der Waals surface area (Å²) >= 11 is 3.39. The van der Waals surface area contributed by atoms with Gasteiger partial charge in [0.2, 0.25) is 5.88 Å². The fourth-order valence-corrected chi connectivity index (χ4v) is 2.89. The van der Waals surface area contributed by atoms with Gasteiger partial charge in [-0.1, -0.05) is 30.3 Å². The summed E-state index contributed by atoms with van der Waals surface area (Å²) in [5.74, 6) is -0.0966. The van der Waals surface area contributed by atoms with E-state index in [-0.39, 0.29) is 18.3 Å². The Balaban J connectivity index is 1.41. The van der Waals surface area contributed by atoms with Crippen molar-refractivity contribution in [2.24, 2.45) is 0 Å². The summed E-state index contributed by atoms with van der Waals surface area (Å²) in [6.45, 7) is 0.417. The summed E-state index contributed by atoms with van der Waals surface area (Å²) < 4.78 is 20.7. The minimum Gasteiger partial charge on any atom is -0.466 e. The lowest BCUT2D eigenvalue weighted by Gasteiger charge is -2.06. The number of amides is 1. The van der Waals surface area contributed by atoms with E-state index in [1.807, 2.05) is 30.3 Å². The number of carbonyl (C=O) groups excluding carboxylic acids is 1. The number of benzene rings is 2. The second-order valence-electron chi connectivity index (χ2n) is 5.93. The van der Waals surface area contributed by atoms with Gasteiger partial charge in [-0.25, -0.2) is 9.07 Å². The maximum absolute atomic E-state index is 12.9. The SMILES string of the molecule is O=C(COc1nn(-c2ccccc2)cc1Br)NCCCc1ccc(F)cc1. The van der Waals surface area contributed by atoms with E-state index in [4.69, 9.17) is 4.74 Å². The van der Waals surface area contributed by atoms with E-state index in [0.717, 1.165) is 24.1 Å². The largest absolute Gasteiger partial charge is 0.466 e. The molecule has 0 saturated heterocycles. The van der Waals surface area contributed by atoms with Crippen molar-refractivity contribution in [2.45, 2.75) is 12.8 Å². The molecule has 0 spiro atoms. The summed E-state index contributed by atoms with van der Waals surface area (Å²) in [4.78, 5) is 11.9. The minimum atomic E-state index is -0.245. The summed E-state index contributed by atoms with van der Waals surface area (Å²) in [7, 11) is 0. The molecule has 1 heterocycles. The first-order valence-corrected chi connectivity index (χ1v) is 9.35. The van der Waals surface area contributed by atoms with Gasteiger partial charge in [0.15, 0.2) is 6.61 Å². The zero-order valence-corrected chi connectivity index (χ0v) is 16.2. The van der Waals surface area contributed by atoms with E-state index >= 15 is 0 Å². The van der Waals surface area contributed by atoms with Crippen molar-refractivity contribution in [1.82, 2.24) is 15.1 Å². The second-order valence-corrected chi connectivity index (χ2v) is 6.79. The molecule has 1 amide bonds. The highest BCUT2D eigenvalue weighted by molar-refractivity contribution is 9.10. The molecule has 0 unspecified atom stereocenters. The van der Waals surface area contributed by atoms with Crippen molar-refractivity contribution in [3.63, 3.8) is 0 Å². The molecule has 1 aromatic heterocycles. The predicted octanol–water partition coefficient (Wildman–Crippen LogP) is 3.90. The molecular weight excluding hydrogens is 413 g/mol. The van der Waals surface area contributed by atoms with Gasteiger partial charge in [0, 0.05) is 12.7 Å². The fourth-order valence-electron chi connectivity index (χ4n) is 2.50. The first-order valence-electron chi connectivity index (χ1n) is 8.56. The number of nitrogens with one attached hydrogen (secondary N) is 1. The van der Waals surface area contributed by atoms with Crippen LogP contribution >= 0.6 is 15.9 Å². The molecule has 27 heavy (non-hydrogen) atoms. The van der Waals surface area contributed by atoms with Crippen LogP contribution in [-0.2, 0) is 11.2 Å². The van der Waals surface area contributed by atoms with Crippen LogP contribution in [0.1, 0.15) is 12.0 Å². The molecule has 0 saturated carbocycles. The molecule has 0 radical (unpaired) electrons. The average molecular weight is 432 g/mol. The monoisotopic (exact) mass is 431 g/mol. The predicted molar refractivity (Wildman–Crippen MR) is 104 cm³/mol. The van der Waals surface area contributed by atoms with Crippen LogP contribution in [0, 0.1) is 5.82 Å². The molecular formula is C20H19BrFN3O2. The van der Waals surface area contributed by atoms with Crippen LogP contribution in [0.3, 0.4) is 0 Å². The molecule has 0 aliphatic rings. The smallest absolute Gasteiger partial charge is 0.258 e. The van der Waals surface area contributed by atoms with Crippen LogP contribution in [0.4, 0.5) is 4.39 Å². The third-order valence-electron chi connectivity index (χ3n) is 3.88. The number of aryl methyl sites for hydroxylation is 1. The van der Waals surface area contributed by atoms with E-state index in [0.29, 0.717) is 16.9 Å². The van der Waals surface area contributed by atoms with Crippen molar-refractivity contribution < 1.29 is 13.9 Å². The van der Waals surface area contributed by atoms with Crippen LogP contribution in [0.15, 0.2) is 65.3 Å². The Morgan fingerprint density at radius 3 is 2.63 bits per heavy atom. The quantitative estimate of drug-likeness (QED) is 0.550. The number of nitrogens with zero attached hydrogens (tertiary/aromatic N) is 2. The third-order valence-corrected chi connectivity index (χ3v) is 4.42. The molecule has 0 atom stereocenters. The Kier molecular flexibility index (Phi) is 6.59. The molecule has 3 rings (SSSR count). The molecule has 140 valence electrons. The number of para-hydroxylation sites is 1. The molecule has 3 aromatic rings. The van der Waals surface area contributed by atoms with Crippen LogP contribution in [0.25, 0.3) is 5.69 Å². The van der Waals surface area contributed by atoms with E-state index in [2.05, 4.69) is 26.3 Å². The molecule has 7 heteroatoms. The first-order chi connectivity index (χ1) is 13.1. The lowest BCUT2D eigenvalue weighted by molar-refractivity contribution is -0.123. The van der Waals surface area contributed by atoms with Gasteiger partial charge in [-0.15, -0.1) is 5.10 Å². The fraction of sp³-hybridized carbons (Fsp3) is 0.200. The first kappa shape index (κ1) is 19.1. The zero-order chi connectivity index (χ0) is 19.1. The number of halogens is 2.